The SMILES string of the molecule is Cc1cccc(NC(=O)CN2C(=O)S/C(=C/c3cc(Br)c(OCc4ccc(F)cc4)c(Br)c3)C2=O)c1. The van der Waals surface area contributed by atoms with Gasteiger partial charge in [0.25, 0.3) is 11.1 Å². The van der Waals surface area contributed by atoms with E-state index in [0.717, 1.165) is 27.8 Å². The summed E-state index contributed by atoms with van der Waals surface area (Å²) in [6.07, 6.45) is 1.59. The maximum Gasteiger partial charge on any atom is 0.294 e. The molecule has 4 rings (SSSR count). The zero-order chi connectivity index (χ0) is 25.8. The molecule has 0 spiro atoms. The van der Waals surface area contributed by atoms with Gasteiger partial charge in [0.15, 0.2) is 0 Å². The minimum atomic E-state index is -0.534. The van der Waals surface area contributed by atoms with Crippen molar-refractivity contribution >= 4 is 72.4 Å². The van der Waals surface area contributed by atoms with Crippen LogP contribution < -0.4 is 10.1 Å². The lowest BCUT2D eigenvalue weighted by Gasteiger charge is -2.13. The largest absolute Gasteiger partial charge is 0.487 e. The molecule has 0 atom stereocenters. The summed E-state index contributed by atoms with van der Waals surface area (Å²) in [6.45, 7) is 1.76. The summed E-state index contributed by atoms with van der Waals surface area (Å²) in [4.78, 5) is 38.8. The third-order valence-corrected chi connectivity index (χ3v) is 7.18. The number of hydrogen-bond acceptors (Lipinski definition) is 5. The molecule has 0 unspecified atom stereocenters. The molecular weight excluding hydrogens is 615 g/mol. The van der Waals surface area contributed by atoms with Crippen LogP contribution in [0.3, 0.4) is 0 Å². The number of carbonyl (C=O) groups is 3. The Balaban J connectivity index is 1.43. The molecule has 36 heavy (non-hydrogen) atoms. The molecule has 184 valence electrons. The van der Waals surface area contributed by atoms with Crippen LogP contribution in [0.15, 0.2) is 74.5 Å². The summed E-state index contributed by atoms with van der Waals surface area (Å²) in [5.74, 6) is -0.773. The van der Waals surface area contributed by atoms with Gasteiger partial charge in [-0.3, -0.25) is 19.3 Å². The number of anilines is 1. The van der Waals surface area contributed by atoms with Gasteiger partial charge < -0.3 is 10.1 Å². The predicted octanol–water partition coefficient (Wildman–Crippen LogP) is 6.91. The van der Waals surface area contributed by atoms with E-state index in [2.05, 4.69) is 37.2 Å². The summed E-state index contributed by atoms with van der Waals surface area (Å²) in [6, 6.07) is 16.8. The van der Waals surface area contributed by atoms with Crippen LogP contribution in [-0.2, 0) is 16.2 Å². The lowest BCUT2D eigenvalue weighted by atomic mass is 10.2. The van der Waals surface area contributed by atoms with Crippen molar-refractivity contribution < 1.29 is 23.5 Å². The van der Waals surface area contributed by atoms with E-state index < -0.39 is 17.1 Å². The average Bonchev–Trinajstić information content (AvgIpc) is 3.07. The van der Waals surface area contributed by atoms with Gasteiger partial charge in [-0.1, -0.05) is 24.3 Å². The quantitative estimate of drug-likeness (QED) is 0.286. The van der Waals surface area contributed by atoms with Gasteiger partial charge in [-0.15, -0.1) is 0 Å². The summed E-state index contributed by atoms with van der Waals surface area (Å²) in [5, 5.41) is 2.19. The van der Waals surface area contributed by atoms with Crippen molar-refractivity contribution in [3.63, 3.8) is 0 Å². The lowest BCUT2D eigenvalue weighted by molar-refractivity contribution is -0.127. The number of rotatable bonds is 7. The zero-order valence-electron chi connectivity index (χ0n) is 18.9. The Morgan fingerprint density at radius 3 is 2.44 bits per heavy atom. The van der Waals surface area contributed by atoms with Crippen molar-refractivity contribution in [1.29, 1.82) is 0 Å². The van der Waals surface area contributed by atoms with Gasteiger partial charge in [0.2, 0.25) is 5.91 Å². The number of benzene rings is 3. The first-order chi connectivity index (χ1) is 17.2. The molecule has 1 aliphatic rings. The van der Waals surface area contributed by atoms with Gasteiger partial charge in [-0.25, -0.2) is 4.39 Å². The van der Waals surface area contributed by atoms with Crippen LogP contribution in [0.1, 0.15) is 16.7 Å². The number of nitrogens with one attached hydrogen (secondary N) is 1. The van der Waals surface area contributed by atoms with Crippen LogP contribution in [0.4, 0.5) is 14.9 Å². The van der Waals surface area contributed by atoms with Crippen molar-refractivity contribution in [1.82, 2.24) is 4.90 Å². The van der Waals surface area contributed by atoms with Crippen molar-refractivity contribution in [3.05, 3.63) is 97.0 Å². The molecule has 0 aromatic heterocycles. The molecule has 6 nitrogen and oxygen atoms in total. The number of ether oxygens (including phenoxy) is 1. The van der Waals surface area contributed by atoms with Crippen LogP contribution in [0.5, 0.6) is 5.75 Å². The van der Waals surface area contributed by atoms with E-state index in [1.807, 2.05) is 19.1 Å². The Morgan fingerprint density at radius 1 is 1.08 bits per heavy atom. The number of aryl methyl sites for hydroxylation is 1. The van der Waals surface area contributed by atoms with E-state index in [4.69, 9.17) is 4.74 Å². The highest BCUT2D eigenvalue weighted by Gasteiger charge is 2.36. The monoisotopic (exact) mass is 632 g/mol. The molecule has 1 saturated heterocycles. The molecule has 0 radical (unpaired) electrons. The maximum absolute atomic E-state index is 13.1. The molecule has 3 aromatic rings. The fourth-order valence-corrected chi connectivity index (χ4v) is 5.68. The van der Waals surface area contributed by atoms with Gasteiger partial charge in [-0.2, -0.15) is 0 Å². The highest BCUT2D eigenvalue weighted by molar-refractivity contribution is 9.11. The highest BCUT2D eigenvalue weighted by atomic mass is 79.9. The first-order valence-electron chi connectivity index (χ1n) is 10.7. The molecular formula is C26H19Br2FN2O4S. The number of amides is 3. The van der Waals surface area contributed by atoms with Crippen LogP contribution in [0, 0.1) is 12.7 Å². The van der Waals surface area contributed by atoms with E-state index in [0.29, 0.717) is 25.9 Å². The Kier molecular flexibility index (Phi) is 8.28. The Bertz CT molecular complexity index is 1360. The molecule has 3 aromatic carbocycles. The van der Waals surface area contributed by atoms with Gasteiger partial charge in [0.1, 0.15) is 24.7 Å². The van der Waals surface area contributed by atoms with Crippen molar-refractivity contribution in [2.75, 3.05) is 11.9 Å². The lowest BCUT2D eigenvalue weighted by Crippen LogP contribution is -2.36. The minimum Gasteiger partial charge on any atom is -0.487 e. The third kappa shape index (κ3) is 6.43. The van der Waals surface area contributed by atoms with E-state index in [1.54, 1.807) is 42.5 Å². The zero-order valence-corrected chi connectivity index (χ0v) is 22.9. The van der Waals surface area contributed by atoms with Crippen LogP contribution in [0.2, 0.25) is 0 Å². The Hall–Kier alpha value is -2.95. The molecule has 1 fully saturated rings. The fourth-order valence-electron chi connectivity index (χ4n) is 3.39. The summed E-state index contributed by atoms with van der Waals surface area (Å²) < 4.78 is 20.2. The van der Waals surface area contributed by atoms with Crippen LogP contribution >= 0.6 is 43.6 Å². The van der Waals surface area contributed by atoms with E-state index in [-0.39, 0.29) is 23.9 Å². The highest BCUT2D eigenvalue weighted by Crippen LogP contribution is 2.38. The molecule has 1 aliphatic heterocycles. The molecule has 3 amide bonds. The second-order valence-electron chi connectivity index (χ2n) is 7.91. The third-order valence-electron chi connectivity index (χ3n) is 5.09. The van der Waals surface area contributed by atoms with Crippen molar-refractivity contribution in [2.45, 2.75) is 13.5 Å². The number of nitrogens with zero attached hydrogens (tertiary/aromatic N) is 1. The summed E-state index contributed by atoms with van der Waals surface area (Å²) in [5.41, 5.74) is 3.03. The topological polar surface area (TPSA) is 75.7 Å². The van der Waals surface area contributed by atoms with E-state index in [1.165, 1.54) is 12.1 Å². The minimum absolute atomic E-state index is 0.210. The second-order valence-corrected chi connectivity index (χ2v) is 10.6. The standard InChI is InChI=1S/C26H19Br2FN2O4S/c1-15-3-2-4-19(9-15)30-23(32)13-31-25(33)22(36-26(31)34)12-17-10-20(27)24(21(28)11-17)35-14-16-5-7-18(29)8-6-16/h2-12H,13-14H2,1H3,(H,30,32)/b22-12+. The Labute approximate surface area is 228 Å². The normalized spacial score (nSPS) is 14.4. The summed E-state index contributed by atoms with van der Waals surface area (Å²) >= 11 is 7.73. The molecule has 1 heterocycles. The van der Waals surface area contributed by atoms with Gasteiger partial charge >= 0.3 is 0 Å². The van der Waals surface area contributed by atoms with Crippen LogP contribution in [0.25, 0.3) is 6.08 Å². The maximum atomic E-state index is 13.1. The second kappa shape index (κ2) is 11.4. The smallest absolute Gasteiger partial charge is 0.294 e. The van der Waals surface area contributed by atoms with E-state index >= 15 is 0 Å². The van der Waals surface area contributed by atoms with Crippen molar-refractivity contribution in [2.24, 2.45) is 0 Å². The predicted molar refractivity (Wildman–Crippen MR) is 145 cm³/mol. The van der Waals surface area contributed by atoms with Gasteiger partial charge in [0, 0.05) is 5.69 Å². The van der Waals surface area contributed by atoms with Crippen molar-refractivity contribution in [3.8, 4) is 5.75 Å². The fraction of sp³-hybridized carbons (Fsp3) is 0.115. The number of imide groups is 1. The first-order valence-corrected chi connectivity index (χ1v) is 13.1. The van der Waals surface area contributed by atoms with Crippen LogP contribution in [-0.4, -0.2) is 28.5 Å². The molecule has 0 bridgehead atoms. The van der Waals surface area contributed by atoms with Gasteiger partial charge in [0.05, 0.1) is 13.9 Å². The first kappa shape index (κ1) is 26.1. The average molecular weight is 634 g/mol. The molecule has 10 heteroatoms. The number of carbonyl (C=O) groups excluding carboxylic acids is 3. The molecule has 1 N–H and O–H groups in total. The number of hydrogen-bond donors (Lipinski definition) is 1. The molecule has 0 aliphatic carbocycles. The van der Waals surface area contributed by atoms with Gasteiger partial charge in [-0.05, 0) is 110 Å². The summed E-state index contributed by atoms with van der Waals surface area (Å²) in [7, 11) is 0. The number of halogens is 3. The Morgan fingerprint density at radius 2 is 1.78 bits per heavy atom. The number of thioether (sulfide) groups is 1. The molecule has 0 saturated carbocycles. The van der Waals surface area contributed by atoms with E-state index in [9.17, 15) is 18.8 Å².